The molecule has 1 atom stereocenters. The Morgan fingerprint density at radius 2 is 1.65 bits per heavy atom. The molecule has 26 heavy (non-hydrogen) atoms. The van der Waals surface area contributed by atoms with Crippen LogP contribution in [0.25, 0.3) is 0 Å². The molecule has 1 aliphatic carbocycles. The number of carbonyl (C=O) groups excluding carboxylic acids is 2. The van der Waals surface area contributed by atoms with Gasteiger partial charge in [0.1, 0.15) is 0 Å². The first kappa shape index (κ1) is 19.5. The number of nitrogens with zero attached hydrogens (tertiary/aromatic N) is 3. The smallest absolute Gasteiger partial charge is 0.319 e. The highest BCUT2D eigenvalue weighted by molar-refractivity contribution is 5.80. The molecule has 1 saturated carbocycles. The van der Waals surface area contributed by atoms with E-state index in [0.29, 0.717) is 19.7 Å². The lowest BCUT2D eigenvalue weighted by Gasteiger charge is -2.39. The molecule has 0 bridgehead atoms. The Morgan fingerprint density at radius 1 is 0.962 bits per heavy atom. The first-order valence-electron chi connectivity index (χ1n) is 10.4. The molecule has 148 valence electrons. The topological polar surface area (TPSA) is 53.1 Å². The summed E-state index contributed by atoms with van der Waals surface area (Å²) in [7, 11) is 3.56. The zero-order valence-corrected chi connectivity index (χ0v) is 16.5. The van der Waals surface area contributed by atoms with E-state index in [1.54, 1.807) is 19.0 Å². The van der Waals surface area contributed by atoms with Crippen molar-refractivity contribution in [3.8, 4) is 0 Å². The molecule has 0 aromatic carbocycles. The van der Waals surface area contributed by atoms with Crippen LogP contribution in [0, 0.1) is 11.8 Å². The zero-order valence-electron chi connectivity index (χ0n) is 16.5. The second-order valence-corrected chi connectivity index (χ2v) is 8.46. The Labute approximate surface area is 157 Å². The van der Waals surface area contributed by atoms with Crippen molar-refractivity contribution in [2.24, 2.45) is 11.8 Å². The second kappa shape index (κ2) is 9.07. The number of hydrogen-bond acceptors (Lipinski definition) is 3. The summed E-state index contributed by atoms with van der Waals surface area (Å²) >= 11 is 0. The maximum Gasteiger partial charge on any atom is 0.319 e. The quantitative estimate of drug-likeness (QED) is 0.772. The number of likely N-dealkylation sites (tertiary alicyclic amines) is 1. The number of ether oxygens (including phenoxy) is 1. The minimum atomic E-state index is 0.0508. The van der Waals surface area contributed by atoms with Crippen molar-refractivity contribution in [1.29, 1.82) is 0 Å². The molecule has 6 heteroatoms. The number of carbonyl (C=O) groups is 2. The van der Waals surface area contributed by atoms with Crippen molar-refractivity contribution in [3.63, 3.8) is 0 Å². The third-order valence-electron chi connectivity index (χ3n) is 6.27. The maximum atomic E-state index is 13.0. The first-order valence-corrected chi connectivity index (χ1v) is 10.4. The van der Waals surface area contributed by atoms with Gasteiger partial charge in [0.05, 0.1) is 12.7 Å². The van der Waals surface area contributed by atoms with Crippen molar-refractivity contribution >= 4 is 11.9 Å². The normalized spacial score (nSPS) is 26.0. The Balaban J connectivity index is 1.46. The molecule has 0 aromatic rings. The van der Waals surface area contributed by atoms with Gasteiger partial charge in [0.25, 0.3) is 0 Å². The molecule has 3 aliphatic rings. The van der Waals surface area contributed by atoms with E-state index in [0.717, 1.165) is 38.3 Å². The number of hydrogen-bond donors (Lipinski definition) is 0. The predicted octanol–water partition coefficient (Wildman–Crippen LogP) is 2.58. The van der Waals surface area contributed by atoms with Gasteiger partial charge in [-0.2, -0.15) is 0 Å². The van der Waals surface area contributed by atoms with Crippen LogP contribution < -0.4 is 0 Å². The molecule has 0 aromatic heterocycles. The number of morpholine rings is 1. The average Bonchev–Trinajstić information content (AvgIpc) is 2.68. The minimum absolute atomic E-state index is 0.0508. The Morgan fingerprint density at radius 3 is 2.31 bits per heavy atom. The summed E-state index contributed by atoms with van der Waals surface area (Å²) < 4.78 is 5.97. The van der Waals surface area contributed by atoms with Crippen molar-refractivity contribution in [1.82, 2.24) is 14.7 Å². The highest BCUT2D eigenvalue weighted by Gasteiger charge is 2.33. The van der Waals surface area contributed by atoms with Crippen LogP contribution in [-0.2, 0) is 9.53 Å². The molecule has 3 amide bonds. The lowest BCUT2D eigenvalue weighted by molar-refractivity contribution is -0.145. The summed E-state index contributed by atoms with van der Waals surface area (Å²) in [5.74, 6) is 1.12. The Bertz CT molecular complexity index is 483. The lowest BCUT2D eigenvalue weighted by atomic mass is 9.85. The zero-order chi connectivity index (χ0) is 18.5. The van der Waals surface area contributed by atoms with Gasteiger partial charge in [-0.15, -0.1) is 0 Å². The number of rotatable bonds is 3. The monoisotopic (exact) mass is 365 g/mol. The molecule has 1 unspecified atom stereocenters. The molecule has 2 saturated heterocycles. The van der Waals surface area contributed by atoms with E-state index in [-0.39, 0.29) is 24.0 Å². The number of amides is 3. The van der Waals surface area contributed by atoms with Crippen molar-refractivity contribution in [2.45, 2.75) is 57.5 Å². The van der Waals surface area contributed by atoms with Gasteiger partial charge >= 0.3 is 6.03 Å². The molecule has 0 N–H and O–H groups in total. The van der Waals surface area contributed by atoms with Gasteiger partial charge in [-0.1, -0.05) is 32.1 Å². The summed E-state index contributed by atoms with van der Waals surface area (Å²) in [6, 6.07) is 0.0508. The van der Waals surface area contributed by atoms with Crippen LogP contribution in [0.15, 0.2) is 0 Å². The summed E-state index contributed by atoms with van der Waals surface area (Å²) in [5, 5.41) is 0. The predicted molar refractivity (Wildman–Crippen MR) is 101 cm³/mol. The van der Waals surface area contributed by atoms with Crippen LogP contribution in [0.2, 0.25) is 0 Å². The highest BCUT2D eigenvalue weighted by atomic mass is 16.5. The molecule has 2 heterocycles. The van der Waals surface area contributed by atoms with Gasteiger partial charge in [0.15, 0.2) is 0 Å². The van der Waals surface area contributed by atoms with Crippen LogP contribution in [0.3, 0.4) is 0 Å². The summed E-state index contributed by atoms with van der Waals surface area (Å²) in [6.45, 7) is 3.51. The van der Waals surface area contributed by atoms with Crippen molar-refractivity contribution < 1.29 is 14.3 Å². The number of piperidine rings is 1. The molecule has 0 spiro atoms. The van der Waals surface area contributed by atoms with Crippen molar-refractivity contribution in [2.75, 3.05) is 46.9 Å². The number of urea groups is 1. The third-order valence-corrected chi connectivity index (χ3v) is 6.27. The van der Waals surface area contributed by atoms with E-state index in [9.17, 15) is 9.59 Å². The van der Waals surface area contributed by atoms with Gasteiger partial charge in [-0.25, -0.2) is 4.79 Å². The van der Waals surface area contributed by atoms with Crippen LogP contribution in [0.5, 0.6) is 0 Å². The second-order valence-electron chi connectivity index (χ2n) is 8.46. The fourth-order valence-electron chi connectivity index (χ4n) is 4.72. The maximum absolute atomic E-state index is 13.0. The summed E-state index contributed by atoms with van der Waals surface area (Å²) in [4.78, 5) is 30.5. The third kappa shape index (κ3) is 4.90. The molecule has 2 aliphatic heterocycles. The van der Waals surface area contributed by atoms with Crippen molar-refractivity contribution in [3.05, 3.63) is 0 Å². The fraction of sp³-hybridized carbons (Fsp3) is 0.900. The highest BCUT2D eigenvalue weighted by Crippen LogP contribution is 2.29. The van der Waals surface area contributed by atoms with Gasteiger partial charge in [0.2, 0.25) is 5.91 Å². The van der Waals surface area contributed by atoms with Gasteiger partial charge in [-0.3, -0.25) is 4.79 Å². The SMILES string of the molecule is CN(C)C(=O)N1CCC(C(=O)N2CCOC(CC3CCCCC3)C2)CC1. The molecule has 3 rings (SSSR count). The van der Waals surface area contributed by atoms with E-state index >= 15 is 0 Å². The van der Waals surface area contributed by atoms with Gasteiger partial charge in [0, 0.05) is 46.2 Å². The lowest BCUT2D eigenvalue weighted by Crippen LogP contribution is -2.51. The average molecular weight is 366 g/mol. The molecule has 6 nitrogen and oxygen atoms in total. The largest absolute Gasteiger partial charge is 0.375 e. The summed E-state index contributed by atoms with van der Waals surface area (Å²) in [6.07, 6.45) is 9.62. The van der Waals surface area contributed by atoms with Crippen LogP contribution >= 0.6 is 0 Å². The van der Waals surface area contributed by atoms with Gasteiger partial charge < -0.3 is 19.4 Å². The fourth-order valence-corrected chi connectivity index (χ4v) is 4.72. The van der Waals surface area contributed by atoms with E-state index in [2.05, 4.69) is 0 Å². The van der Waals surface area contributed by atoms with E-state index in [4.69, 9.17) is 4.74 Å². The Hall–Kier alpha value is -1.30. The molecule has 0 radical (unpaired) electrons. The minimum Gasteiger partial charge on any atom is -0.375 e. The van der Waals surface area contributed by atoms with Crippen LogP contribution in [0.1, 0.15) is 51.4 Å². The standard InChI is InChI=1S/C20H35N3O3/c1-21(2)20(25)22-10-8-17(9-11-22)19(24)23-12-13-26-18(15-23)14-16-6-4-3-5-7-16/h16-18H,3-15H2,1-2H3. The van der Waals surface area contributed by atoms with Gasteiger partial charge in [-0.05, 0) is 25.2 Å². The molecule has 3 fully saturated rings. The van der Waals surface area contributed by atoms with E-state index in [1.165, 1.54) is 32.1 Å². The Kier molecular flexibility index (Phi) is 6.79. The van der Waals surface area contributed by atoms with Crippen LogP contribution in [0.4, 0.5) is 4.79 Å². The first-order chi connectivity index (χ1) is 12.5. The molecular formula is C20H35N3O3. The van der Waals surface area contributed by atoms with Crippen LogP contribution in [-0.4, -0.2) is 79.6 Å². The molecular weight excluding hydrogens is 330 g/mol. The van der Waals surface area contributed by atoms with E-state index in [1.807, 2.05) is 9.80 Å². The van der Waals surface area contributed by atoms with E-state index < -0.39 is 0 Å². The summed E-state index contributed by atoms with van der Waals surface area (Å²) in [5.41, 5.74) is 0.